The molecule has 0 aliphatic rings. The minimum Gasteiger partial charge on any atom is -0.501 e. The molecule has 0 radical (unpaired) electrons. The highest BCUT2D eigenvalue weighted by Crippen LogP contribution is 2.34. The second-order valence-corrected chi connectivity index (χ2v) is 4.68. The highest BCUT2D eigenvalue weighted by molar-refractivity contribution is 5.93. The summed E-state index contributed by atoms with van der Waals surface area (Å²) in [5.74, 6) is -2.36. The third-order valence-corrected chi connectivity index (χ3v) is 2.98. The Bertz CT molecular complexity index is 706. The molecule has 7 nitrogen and oxygen atoms in total. The minimum absolute atomic E-state index is 0.00315. The van der Waals surface area contributed by atoms with Gasteiger partial charge in [-0.2, -0.15) is 0 Å². The predicted octanol–water partition coefficient (Wildman–Crippen LogP) is 2.89. The number of phenols is 1. The van der Waals surface area contributed by atoms with Gasteiger partial charge in [-0.1, -0.05) is 29.8 Å². The number of nitrogens with zero attached hydrogens (tertiary/aromatic N) is 1. The number of nitro benzene ring substituents is 1. The summed E-state index contributed by atoms with van der Waals surface area (Å²) < 4.78 is 5.40. The first-order chi connectivity index (χ1) is 10.4. The topological polar surface area (TPSA) is 110 Å². The summed E-state index contributed by atoms with van der Waals surface area (Å²) in [6, 6.07) is 9.51. The Hall–Kier alpha value is -3.09. The van der Waals surface area contributed by atoms with Crippen LogP contribution >= 0.6 is 0 Å². The summed E-state index contributed by atoms with van der Waals surface area (Å²) in [7, 11) is 0. The summed E-state index contributed by atoms with van der Waals surface area (Å²) in [6.07, 6.45) is 0. The first-order valence-electron chi connectivity index (χ1n) is 6.31. The van der Waals surface area contributed by atoms with Crippen molar-refractivity contribution >= 4 is 11.7 Å². The second kappa shape index (κ2) is 6.13. The number of benzene rings is 2. The zero-order valence-corrected chi connectivity index (χ0v) is 11.6. The quantitative estimate of drug-likeness (QED) is 0.649. The molecule has 0 fully saturated rings. The number of nitro groups is 1. The Labute approximate surface area is 125 Å². The van der Waals surface area contributed by atoms with Crippen LogP contribution in [0, 0.1) is 17.0 Å². The van der Waals surface area contributed by atoms with E-state index in [1.54, 1.807) is 0 Å². The highest BCUT2D eigenvalue weighted by Gasteiger charge is 2.23. The smallest absolute Gasteiger partial charge is 0.339 e. The molecule has 7 heteroatoms. The third-order valence-electron chi connectivity index (χ3n) is 2.98. The molecule has 0 aliphatic heterocycles. The van der Waals surface area contributed by atoms with Crippen molar-refractivity contribution in [3.8, 4) is 11.5 Å². The lowest BCUT2D eigenvalue weighted by Crippen LogP contribution is -2.02. The van der Waals surface area contributed by atoms with E-state index < -0.39 is 27.9 Å². The van der Waals surface area contributed by atoms with E-state index in [-0.39, 0.29) is 12.4 Å². The van der Waals surface area contributed by atoms with Gasteiger partial charge in [0.1, 0.15) is 17.9 Å². The molecular formula is C15H13NO6. The fourth-order valence-electron chi connectivity index (χ4n) is 1.95. The lowest BCUT2D eigenvalue weighted by Gasteiger charge is -2.09. The molecule has 2 aromatic carbocycles. The second-order valence-electron chi connectivity index (χ2n) is 4.68. The van der Waals surface area contributed by atoms with Crippen LogP contribution in [0.3, 0.4) is 0 Å². The summed E-state index contributed by atoms with van der Waals surface area (Å²) in [6.45, 7) is 2.04. The van der Waals surface area contributed by atoms with Crippen molar-refractivity contribution in [1.82, 2.24) is 0 Å². The molecule has 2 rings (SSSR count). The predicted molar refractivity (Wildman–Crippen MR) is 77.2 cm³/mol. The first kappa shape index (κ1) is 15.3. The van der Waals surface area contributed by atoms with Gasteiger partial charge in [-0.15, -0.1) is 0 Å². The van der Waals surface area contributed by atoms with Gasteiger partial charge in [0.2, 0.25) is 5.75 Å². The van der Waals surface area contributed by atoms with Gasteiger partial charge < -0.3 is 14.9 Å². The van der Waals surface area contributed by atoms with Crippen molar-refractivity contribution in [2.45, 2.75) is 13.5 Å². The summed E-state index contributed by atoms with van der Waals surface area (Å²) >= 11 is 0. The molecule has 0 heterocycles. The standard InChI is InChI=1S/C15H13NO6/c1-9-3-2-4-10(5-9)8-22-11-6-12(15(18)19)14(17)13(7-11)16(20)21/h2-7,17H,8H2,1H3,(H,18,19). The molecule has 0 aromatic heterocycles. The lowest BCUT2D eigenvalue weighted by atomic mass is 10.1. The van der Waals surface area contributed by atoms with Crippen molar-refractivity contribution in [2.75, 3.05) is 0 Å². The summed E-state index contributed by atoms with van der Waals surface area (Å²) in [5.41, 5.74) is 0.587. The molecule has 0 saturated heterocycles. The number of carboxylic acids is 1. The van der Waals surface area contributed by atoms with Gasteiger partial charge in [0.15, 0.2) is 0 Å². The van der Waals surface area contributed by atoms with Crippen LogP contribution in [-0.4, -0.2) is 21.1 Å². The molecule has 0 unspecified atom stereocenters. The van der Waals surface area contributed by atoms with Gasteiger partial charge in [-0.3, -0.25) is 10.1 Å². The lowest BCUT2D eigenvalue weighted by molar-refractivity contribution is -0.386. The molecule has 0 aliphatic carbocycles. The van der Waals surface area contributed by atoms with Crippen molar-refractivity contribution in [3.05, 3.63) is 63.2 Å². The van der Waals surface area contributed by atoms with Crippen molar-refractivity contribution in [1.29, 1.82) is 0 Å². The Morgan fingerprint density at radius 3 is 2.64 bits per heavy atom. The molecule has 114 valence electrons. The third kappa shape index (κ3) is 3.32. The van der Waals surface area contributed by atoms with Crippen LogP contribution in [-0.2, 0) is 6.61 Å². The number of ether oxygens (including phenoxy) is 1. The molecule has 0 saturated carbocycles. The number of aromatic carboxylic acids is 1. The van der Waals surface area contributed by atoms with E-state index in [1.807, 2.05) is 31.2 Å². The number of hydrogen-bond donors (Lipinski definition) is 2. The fraction of sp³-hybridized carbons (Fsp3) is 0.133. The molecule has 0 atom stereocenters. The normalized spacial score (nSPS) is 10.2. The fourth-order valence-corrected chi connectivity index (χ4v) is 1.95. The number of carbonyl (C=O) groups is 1. The van der Waals surface area contributed by atoms with Gasteiger partial charge in [0.25, 0.3) is 0 Å². The molecule has 0 amide bonds. The monoisotopic (exact) mass is 303 g/mol. The zero-order valence-electron chi connectivity index (χ0n) is 11.6. The van der Waals surface area contributed by atoms with Gasteiger partial charge in [0, 0.05) is 0 Å². The zero-order chi connectivity index (χ0) is 16.3. The van der Waals surface area contributed by atoms with Crippen LogP contribution in [0.5, 0.6) is 11.5 Å². The van der Waals surface area contributed by atoms with E-state index in [0.29, 0.717) is 0 Å². The van der Waals surface area contributed by atoms with Gasteiger partial charge in [0.05, 0.1) is 11.0 Å². The van der Waals surface area contributed by atoms with Crippen LogP contribution in [0.25, 0.3) is 0 Å². The molecule has 2 aromatic rings. The van der Waals surface area contributed by atoms with Gasteiger partial charge in [-0.05, 0) is 18.6 Å². The SMILES string of the molecule is Cc1cccc(COc2cc(C(=O)O)c(O)c([N+](=O)[O-])c2)c1. The minimum atomic E-state index is -1.47. The van der Waals surface area contributed by atoms with Crippen molar-refractivity contribution in [3.63, 3.8) is 0 Å². The molecule has 0 bridgehead atoms. The van der Waals surface area contributed by atoms with Crippen LogP contribution < -0.4 is 4.74 Å². The number of aromatic hydroxyl groups is 1. The Morgan fingerprint density at radius 2 is 2.05 bits per heavy atom. The molecule has 0 spiro atoms. The van der Waals surface area contributed by atoms with Crippen LogP contribution in [0.15, 0.2) is 36.4 Å². The molecule has 2 N–H and O–H groups in total. The van der Waals surface area contributed by atoms with E-state index in [9.17, 15) is 20.0 Å². The van der Waals surface area contributed by atoms with Crippen LogP contribution in [0.1, 0.15) is 21.5 Å². The average Bonchev–Trinajstić information content (AvgIpc) is 2.45. The Morgan fingerprint density at radius 1 is 1.32 bits per heavy atom. The van der Waals surface area contributed by atoms with Crippen molar-refractivity contribution < 1.29 is 24.7 Å². The first-order valence-corrected chi connectivity index (χ1v) is 6.31. The molecular weight excluding hydrogens is 290 g/mol. The average molecular weight is 303 g/mol. The van der Waals surface area contributed by atoms with E-state index in [0.717, 1.165) is 23.3 Å². The summed E-state index contributed by atoms with van der Waals surface area (Å²) in [4.78, 5) is 21.0. The van der Waals surface area contributed by atoms with Gasteiger partial charge in [-0.25, -0.2) is 4.79 Å². The molecule has 22 heavy (non-hydrogen) atoms. The Balaban J connectivity index is 2.31. The van der Waals surface area contributed by atoms with Gasteiger partial charge >= 0.3 is 11.7 Å². The van der Waals surface area contributed by atoms with Crippen LogP contribution in [0.2, 0.25) is 0 Å². The van der Waals surface area contributed by atoms with E-state index in [1.165, 1.54) is 0 Å². The van der Waals surface area contributed by atoms with E-state index in [2.05, 4.69) is 0 Å². The maximum absolute atomic E-state index is 11.0. The number of carboxylic acid groups (broad SMARTS) is 1. The largest absolute Gasteiger partial charge is 0.501 e. The van der Waals surface area contributed by atoms with E-state index >= 15 is 0 Å². The maximum Gasteiger partial charge on any atom is 0.339 e. The Kier molecular flexibility index (Phi) is 4.26. The maximum atomic E-state index is 11.0. The highest BCUT2D eigenvalue weighted by atomic mass is 16.6. The summed E-state index contributed by atoms with van der Waals surface area (Å²) in [5, 5.41) is 29.4. The number of hydrogen-bond acceptors (Lipinski definition) is 5. The number of aryl methyl sites for hydroxylation is 1. The van der Waals surface area contributed by atoms with E-state index in [4.69, 9.17) is 9.84 Å². The van der Waals surface area contributed by atoms with Crippen molar-refractivity contribution in [2.24, 2.45) is 0 Å². The van der Waals surface area contributed by atoms with Crippen LogP contribution in [0.4, 0.5) is 5.69 Å². The number of rotatable bonds is 5.